The molecule has 188 valence electrons. The number of carbonyl (C=O) groups is 1. The quantitative estimate of drug-likeness (QED) is 0.289. The number of aromatic nitrogens is 1. The summed E-state index contributed by atoms with van der Waals surface area (Å²) < 4.78 is 5.89. The van der Waals surface area contributed by atoms with Crippen LogP contribution in [0.25, 0.3) is 22.6 Å². The van der Waals surface area contributed by atoms with E-state index < -0.39 is 5.97 Å². The first-order chi connectivity index (χ1) is 18.0. The van der Waals surface area contributed by atoms with Crippen molar-refractivity contribution < 1.29 is 14.6 Å². The normalized spacial score (nSPS) is 14.7. The van der Waals surface area contributed by atoms with Crippen LogP contribution in [0, 0.1) is 5.92 Å². The van der Waals surface area contributed by atoms with E-state index in [4.69, 9.17) is 9.72 Å². The van der Waals surface area contributed by atoms with Gasteiger partial charge in [0.05, 0.1) is 23.4 Å². The van der Waals surface area contributed by atoms with E-state index in [1.165, 1.54) is 5.56 Å². The Hall–Kier alpha value is -3.96. The van der Waals surface area contributed by atoms with Crippen molar-refractivity contribution in [2.45, 2.75) is 33.4 Å². The van der Waals surface area contributed by atoms with E-state index in [9.17, 15) is 9.90 Å². The lowest BCUT2D eigenvalue weighted by Crippen LogP contribution is -2.31. The smallest absolute Gasteiger partial charge is 0.336 e. The molecule has 37 heavy (non-hydrogen) atoms. The number of carboxylic acid groups (broad SMARTS) is 1. The number of carboxylic acids is 1. The number of rotatable bonds is 8. The molecule has 0 amide bonds. The Labute approximate surface area is 218 Å². The first-order valence-corrected chi connectivity index (χ1v) is 12.8. The van der Waals surface area contributed by atoms with Crippen molar-refractivity contribution in [3.05, 3.63) is 107 Å². The van der Waals surface area contributed by atoms with Gasteiger partial charge in [0, 0.05) is 30.6 Å². The fraction of sp³-hybridized carbons (Fsp3) is 0.250. The van der Waals surface area contributed by atoms with E-state index in [1.807, 2.05) is 66.7 Å². The van der Waals surface area contributed by atoms with Crippen LogP contribution in [0.1, 0.15) is 53.0 Å². The van der Waals surface area contributed by atoms with Crippen LogP contribution in [0.2, 0.25) is 0 Å². The predicted octanol–water partition coefficient (Wildman–Crippen LogP) is 6.91. The van der Waals surface area contributed by atoms with Crippen LogP contribution < -0.4 is 4.74 Å². The Bertz CT molecular complexity index is 1430. The minimum atomic E-state index is -0.918. The summed E-state index contributed by atoms with van der Waals surface area (Å²) in [4.78, 5) is 19.8. The SMILES string of the molecule is CC(C)CCOc1ccc(C=C2CN(Cc3ccccc3)Cc3c2nc2ccccc2c3C(=O)O)cc1. The lowest BCUT2D eigenvalue weighted by molar-refractivity contribution is 0.0696. The molecular weight excluding hydrogens is 460 g/mol. The van der Waals surface area contributed by atoms with Gasteiger partial charge in [0.25, 0.3) is 0 Å². The fourth-order valence-electron chi connectivity index (χ4n) is 4.85. The highest BCUT2D eigenvalue weighted by Gasteiger charge is 2.28. The first kappa shape index (κ1) is 24.7. The Morgan fingerprint density at radius 2 is 1.73 bits per heavy atom. The monoisotopic (exact) mass is 492 g/mol. The third kappa shape index (κ3) is 5.73. The summed E-state index contributed by atoms with van der Waals surface area (Å²) >= 11 is 0. The van der Waals surface area contributed by atoms with Gasteiger partial charge in [0.15, 0.2) is 0 Å². The van der Waals surface area contributed by atoms with Gasteiger partial charge in [-0.05, 0) is 53.3 Å². The van der Waals surface area contributed by atoms with Gasteiger partial charge in [-0.2, -0.15) is 0 Å². The molecule has 5 nitrogen and oxygen atoms in total. The number of ether oxygens (including phenoxy) is 1. The molecule has 0 bridgehead atoms. The van der Waals surface area contributed by atoms with Crippen LogP contribution in [0.4, 0.5) is 0 Å². The second kappa shape index (κ2) is 11.0. The number of para-hydroxylation sites is 1. The van der Waals surface area contributed by atoms with Gasteiger partial charge in [-0.1, -0.05) is 74.5 Å². The van der Waals surface area contributed by atoms with Gasteiger partial charge in [-0.15, -0.1) is 0 Å². The molecule has 2 heterocycles. The van der Waals surface area contributed by atoms with Crippen molar-refractivity contribution in [1.29, 1.82) is 0 Å². The summed E-state index contributed by atoms with van der Waals surface area (Å²) in [6, 6.07) is 25.9. The van der Waals surface area contributed by atoms with E-state index in [-0.39, 0.29) is 0 Å². The van der Waals surface area contributed by atoms with Crippen LogP contribution in [0.15, 0.2) is 78.9 Å². The average molecular weight is 493 g/mol. The zero-order chi connectivity index (χ0) is 25.8. The molecule has 1 N–H and O–H groups in total. The molecule has 5 heteroatoms. The van der Waals surface area contributed by atoms with Crippen molar-refractivity contribution in [2.24, 2.45) is 5.92 Å². The molecule has 0 saturated carbocycles. The Kier molecular flexibility index (Phi) is 7.33. The molecule has 0 saturated heterocycles. The van der Waals surface area contributed by atoms with Crippen molar-refractivity contribution in [1.82, 2.24) is 9.88 Å². The number of hydrogen-bond acceptors (Lipinski definition) is 4. The van der Waals surface area contributed by atoms with Gasteiger partial charge < -0.3 is 9.84 Å². The Morgan fingerprint density at radius 1 is 1.00 bits per heavy atom. The topological polar surface area (TPSA) is 62.7 Å². The van der Waals surface area contributed by atoms with Gasteiger partial charge in [0.2, 0.25) is 0 Å². The molecule has 1 aromatic heterocycles. The molecule has 0 fully saturated rings. The molecule has 1 aliphatic rings. The molecule has 5 rings (SSSR count). The van der Waals surface area contributed by atoms with Crippen LogP contribution in [-0.4, -0.2) is 34.1 Å². The van der Waals surface area contributed by atoms with Crippen LogP contribution in [0.5, 0.6) is 5.75 Å². The minimum Gasteiger partial charge on any atom is -0.494 e. The van der Waals surface area contributed by atoms with E-state index in [0.29, 0.717) is 42.1 Å². The zero-order valence-corrected chi connectivity index (χ0v) is 21.4. The van der Waals surface area contributed by atoms with Gasteiger partial charge in [0.1, 0.15) is 5.75 Å². The maximum absolute atomic E-state index is 12.5. The predicted molar refractivity (Wildman–Crippen MR) is 149 cm³/mol. The average Bonchev–Trinajstić information content (AvgIpc) is 2.89. The number of nitrogens with zero attached hydrogens (tertiary/aromatic N) is 2. The van der Waals surface area contributed by atoms with E-state index in [0.717, 1.165) is 41.1 Å². The third-order valence-corrected chi connectivity index (χ3v) is 6.72. The molecular formula is C32H32N2O3. The molecule has 4 aromatic rings. The lowest BCUT2D eigenvalue weighted by atomic mass is 9.91. The molecule has 0 aliphatic carbocycles. The Morgan fingerprint density at radius 3 is 2.46 bits per heavy atom. The summed E-state index contributed by atoms with van der Waals surface area (Å²) in [5.74, 6) is 0.543. The second-order valence-corrected chi connectivity index (χ2v) is 10.0. The van der Waals surface area contributed by atoms with Crippen LogP contribution in [0.3, 0.4) is 0 Å². The maximum Gasteiger partial charge on any atom is 0.336 e. The highest BCUT2D eigenvalue weighted by atomic mass is 16.5. The minimum absolute atomic E-state index is 0.346. The lowest BCUT2D eigenvalue weighted by Gasteiger charge is -2.31. The first-order valence-electron chi connectivity index (χ1n) is 12.8. The van der Waals surface area contributed by atoms with Crippen molar-refractivity contribution in [3.63, 3.8) is 0 Å². The van der Waals surface area contributed by atoms with Crippen molar-refractivity contribution >= 4 is 28.5 Å². The molecule has 3 aromatic carbocycles. The third-order valence-electron chi connectivity index (χ3n) is 6.72. The second-order valence-electron chi connectivity index (χ2n) is 10.0. The van der Waals surface area contributed by atoms with E-state index in [1.54, 1.807) is 0 Å². The Balaban J connectivity index is 1.54. The number of aromatic carboxylic acids is 1. The number of benzene rings is 3. The van der Waals surface area contributed by atoms with E-state index >= 15 is 0 Å². The van der Waals surface area contributed by atoms with Gasteiger partial charge >= 0.3 is 5.97 Å². The van der Waals surface area contributed by atoms with Gasteiger partial charge in [-0.25, -0.2) is 9.78 Å². The molecule has 0 atom stereocenters. The molecule has 0 radical (unpaired) electrons. The summed E-state index contributed by atoms with van der Waals surface area (Å²) in [5, 5.41) is 10.9. The molecule has 0 spiro atoms. The van der Waals surface area contributed by atoms with Gasteiger partial charge in [-0.3, -0.25) is 4.90 Å². The van der Waals surface area contributed by atoms with Crippen LogP contribution in [-0.2, 0) is 13.1 Å². The van der Waals surface area contributed by atoms with Crippen molar-refractivity contribution in [2.75, 3.05) is 13.2 Å². The highest BCUT2D eigenvalue weighted by Crippen LogP contribution is 2.35. The maximum atomic E-state index is 12.5. The highest BCUT2D eigenvalue weighted by molar-refractivity contribution is 6.06. The number of fused-ring (bicyclic) bond motifs is 2. The van der Waals surface area contributed by atoms with Crippen LogP contribution >= 0.6 is 0 Å². The molecule has 1 aliphatic heterocycles. The summed E-state index contributed by atoms with van der Waals surface area (Å²) in [5.41, 5.74) is 5.84. The summed E-state index contributed by atoms with van der Waals surface area (Å²) in [6.45, 7) is 7.02. The largest absolute Gasteiger partial charge is 0.494 e. The van der Waals surface area contributed by atoms with E-state index in [2.05, 4.69) is 37.0 Å². The van der Waals surface area contributed by atoms with Crippen molar-refractivity contribution in [3.8, 4) is 5.75 Å². The number of pyridine rings is 1. The fourth-order valence-corrected chi connectivity index (χ4v) is 4.85. The summed E-state index contributed by atoms with van der Waals surface area (Å²) in [7, 11) is 0. The molecule has 0 unspecified atom stereocenters. The zero-order valence-electron chi connectivity index (χ0n) is 21.4. The standard InChI is InChI=1S/C32H32N2O3/c1-22(2)16-17-37-26-14-12-23(13-15-26)18-25-20-34(19-24-8-4-3-5-9-24)21-28-30(32(35)36)27-10-6-7-11-29(27)33-31(25)28/h3-15,18,22H,16-17,19-21H2,1-2H3,(H,35,36). The number of hydrogen-bond donors (Lipinski definition) is 1. The summed E-state index contributed by atoms with van der Waals surface area (Å²) in [6.07, 6.45) is 3.15.